The molecule has 0 saturated carbocycles. The highest BCUT2D eigenvalue weighted by Crippen LogP contribution is 2.25. The van der Waals surface area contributed by atoms with Crippen molar-refractivity contribution >= 4 is 5.97 Å². The van der Waals surface area contributed by atoms with Gasteiger partial charge in [-0.05, 0) is 30.3 Å². The molecule has 1 aromatic heterocycles. The Kier molecular flexibility index (Phi) is 4.06. The first kappa shape index (κ1) is 14.8. The monoisotopic (exact) mass is 298 g/mol. The summed E-state index contributed by atoms with van der Waals surface area (Å²) < 4.78 is 44.4. The van der Waals surface area contributed by atoms with Crippen LogP contribution in [0.3, 0.4) is 0 Å². The highest BCUT2D eigenvalue weighted by atomic mass is 19.4. The van der Waals surface area contributed by atoms with E-state index in [2.05, 4.69) is 19.4 Å². The number of esters is 1. The van der Waals surface area contributed by atoms with Gasteiger partial charge in [0.1, 0.15) is 5.75 Å². The molecule has 21 heavy (non-hydrogen) atoms. The highest BCUT2D eigenvalue weighted by molar-refractivity contribution is 5.85. The van der Waals surface area contributed by atoms with Crippen LogP contribution in [-0.4, -0.2) is 29.4 Å². The summed E-state index contributed by atoms with van der Waals surface area (Å²) >= 11 is 0. The largest absolute Gasteiger partial charge is 0.573 e. The Hall–Kier alpha value is -2.64. The molecule has 0 radical (unpaired) electrons. The molecule has 2 rings (SSSR count). The Balaban J connectivity index is 2.25. The SMILES string of the molecule is COC(=O)c1nccc(-c2ccc(OC(F)(F)F)cc2)n1. The normalized spacial score (nSPS) is 11.0. The van der Waals surface area contributed by atoms with Crippen molar-refractivity contribution in [2.45, 2.75) is 6.36 Å². The minimum atomic E-state index is -4.74. The maximum Gasteiger partial charge on any atom is 0.573 e. The molecule has 0 saturated heterocycles. The van der Waals surface area contributed by atoms with Crippen LogP contribution in [0.25, 0.3) is 11.3 Å². The lowest BCUT2D eigenvalue weighted by Crippen LogP contribution is -2.16. The summed E-state index contributed by atoms with van der Waals surface area (Å²) in [5, 5.41) is 0. The predicted molar refractivity (Wildman–Crippen MR) is 65.5 cm³/mol. The van der Waals surface area contributed by atoms with Crippen molar-refractivity contribution in [3.8, 4) is 17.0 Å². The summed E-state index contributed by atoms with van der Waals surface area (Å²) in [7, 11) is 1.20. The fraction of sp³-hybridized carbons (Fsp3) is 0.154. The summed E-state index contributed by atoms with van der Waals surface area (Å²) in [4.78, 5) is 19.0. The van der Waals surface area contributed by atoms with Gasteiger partial charge in [0, 0.05) is 11.8 Å². The summed E-state index contributed by atoms with van der Waals surface area (Å²) in [6.07, 6.45) is -3.39. The zero-order valence-corrected chi connectivity index (χ0v) is 10.7. The molecule has 0 amide bonds. The van der Waals surface area contributed by atoms with E-state index < -0.39 is 12.3 Å². The maximum atomic E-state index is 12.1. The molecule has 0 spiro atoms. The molecule has 0 bridgehead atoms. The van der Waals surface area contributed by atoms with E-state index in [9.17, 15) is 18.0 Å². The lowest BCUT2D eigenvalue weighted by Gasteiger charge is -2.09. The number of carbonyl (C=O) groups excluding carboxylic acids is 1. The van der Waals surface area contributed by atoms with Crippen LogP contribution in [0.4, 0.5) is 13.2 Å². The molecule has 5 nitrogen and oxygen atoms in total. The highest BCUT2D eigenvalue weighted by Gasteiger charge is 2.30. The number of halogens is 3. The Bertz CT molecular complexity index is 642. The number of methoxy groups -OCH3 is 1. The van der Waals surface area contributed by atoms with Gasteiger partial charge in [0.2, 0.25) is 5.82 Å². The second kappa shape index (κ2) is 5.78. The van der Waals surface area contributed by atoms with E-state index in [0.717, 1.165) is 12.1 Å². The van der Waals surface area contributed by atoms with Crippen LogP contribution in [0.5, 0.6) is 5.75 Å². The molecule has 0 unspecified atom stereocenters. The average molecular weight is 298 g/mol. The van der Waals surface area contributed by atoms with E-state index in [-0.39, 0.29) is 11.6 Å². The van der Waals surface area contributed by atoms with Crippen molar-refractivity contribution in [1.82, 2.24) is 9.97 Å². The number of hydrogen-bond acceptors (Lipinski definition) is 5. The van der Waals surface area contributed by atoms with E-state index >= 15 is 0 Å². The molecule has 2 aromatic rings. The third-order valence-corrected chi connectivity index (χ3v) is 2.41. The van der Waals surface area contributed by atoms with Gasteiger partial charge in [-0.2, -0.15) is 0 Å². The predicted octanol–water partition coefficient (Wildman–Crippen LogP) is 2.83. The Morgan fingerprint density at radius 2 is 1.81 bits per heavy atom. The van der Waals surface area contributed by atoms with Gasteiger partial charge in [-0.25, -0.2) is 14.8 Å². The zero-order valence-electron chi connectivity index (χ0n) is 10.7. The molecule has 0 fully saturated rings. The number of ether oxygens (including phenoxy) is 2. The summed E-state index contributed by atoms with van der Waals surface area (Å²) in [5.41, 5.74) is 0.890. The zero-order chi connectivity index (χ0) is 15.5. The van der Waals surface area contributed by atoms with Crippen molar-refractivity contribution in [3.05, 3.63) is 42.4 Å². The first-order valence-corrected chi connectivity index (χ1v) is 5.66. The van der Waals surface area contributed by atoms with Crippen molar-refractivity contribution in [3.63, 3.8) is 0 Å². The Morgan fingerprint density at radius 3 is 2.38 bits per heavy atom. The molecule has 1 heterocycles. The van der Waals surface area contributed by atoms with E-state index in [0.29, 0.717) is 11.3 Å². The number of hydrogen-bond donors (Lipinski definition) is 0. The molecular formula is C13H9F3N2O3. The molecule has 8 heteroatoms. The molecule has 0 aliphatic heterocycles. The molecule has 0 N–H and O–H groups in total. The molecule has 0 aliphatic rings. The summed E-state index contributed by atoms with van der Waals surface area (Å²) in [6, 6.07) is 6.62. The second-order valence-electron chi connectivity index (χ2n) is 3.83. The van der Waals surface area contributed by atoms with Gasteiger partial charge in [-0.3, -0.25) is 0 Å². The van der Waals surface area contributed by atoms with E-state index in [1.165, 1.54) is 31.5 Å². The van der Waals surface area contributed by atoms with Gasteiger partial charge in [0.15, 0.2) is 0 Å². The van der Waals surface area contributed by atoms with Crippen molar-refractivity contribution in [2.75, 3.05) is 7.11 Å². The lowest BCUT2D eigenvalue weighted by atomic mass is 10.1. The van der Waals surface area contributed by atoms with Crippen LogP contribution in [0.2, 0.25) is 0 Å². The van der Waals surface area contributed by atoms with E-state index in [1.807, 2.05) is 0 Å². The molecular weight excluding hydrogens is 289 g/mol. The third-order valence-electron chi connectivity index (χ3n) is 2.41. The molecule has 1 aromatic carbocycles. The van der Waals surface area contributed by atoms with Gasteiger partial charge in [0.05, 0.1) is 12.8 Å². The fourth-order valence-electron chi connectivity index (χ4n) is 1.54. The van der Waals surface area contributed by atoms with Crippen molar-refractivity contribution in [2.24, 2.45) is 0 Å². The summed E-state index contributed by atoms with van der Waals surface area (Å²) in [6.45, 7) is 0. The molecule has 0 atom stereocenters. The lowest BCUT2D eigenvalue weighted by molar-refractivity contribution is -0.274. The van der Waals surface area contributed by atoms with Gasteiger partial charge < -0.3 is 9.47 Å². The van der Waals surface area contributed by atoms with Gasteiger partial charge in [-0.1, -0.05) is 0 Å². The number of carbonyl (C=O) groups is 1. The van der Waals surface area contributed by atoms with Crippen LogP contribution in [0, 0.1) is 0 Å². The van der Waals surface area contributed by atoms with Crippen molar-refractivity contribution < 1.29 is 27.4 Å². The number of nitrogens with zero attached hydrogens (tertiary/aromatic N) is 2. The second-order valence-corrected chi connectivity index (χ2v) is 3.83. The first-order valence-electron chi connectivity index (χ1n) is 5.66. The van der Waals surface area contributed by atoms with Gasteiger partial charge in [-0.15, -0.1) is 13.2 Å². The maximum absolute atomic E-state index is 12.1. The average Bonchev–Trinajstić information content (AvgIpc) is 2.45. The fourth-order valence-corrected chi connectivity index (χ4v) is 1.54. The van der Waals surface area contributed by atoms with Crippen LogP contribution < -0.4 is 4.74 Å². The van der Waals surface area contributed by atoms with Gasteiger partial charge >= 0.3 is 12.3 Å². The third kappa shape index (κ3) is 3.91. The van der Waals surface area contributed by atoms with Crippen molar-refractivity contribution in [1.29, 1.82) is 0 Å². The molecule has 110 valence electrons. The molecule has 0 aliphatic carbocycles. The van der Waals surface area contributed by atoms with Crippen LogP contribution in [0.15, 0.2) is 36.5 Å². The van der Waals surface area contributed by atoms with E-state index in [4.69, 9.17) is 0 Å². The Labute approximate surface area is 117 Å². The minimum absolute atomic E-state index is 0.134. The number of alkyl halides is 3. The minimum Gasteiger partial charge on any atom is -0.463 e. The van der Waals surface area contributed by atoms with E-state index in [1.54, 1.807) is 0 Å². The number of rotatable bonds is 3. The Morgan fingerprint density at radius 1 is 1.14 bits per heavy atom. The van der Waals surface area contributed by atoms with Crippen LogP contribution in [-0.2, 0) is 4.74 Å². The first-order chi connectivity index (χ1) is 9.89. The topological polar surface area (TPSA) is 61.3 Å². The quantitative estimate of drug-likeness (QED) is 0.815. The standard InChI is InChI=1S/C13H9F3N2O3/c1-20-12(19)11-17-7-6-10(18-11)8-2-4-9(5-3-8)21-13(14,15)16/h2-7H,1H3. The smallest absolute Gasteiger partial charge is 0.463 e. The number of benzene rings is 1. The van der Waals surface area contributed by atoms with Crippen LogP contribution in [0.1, 0.15) is 10.6 Å². The number of aromatic nitrogens is 2. The van der Waals surface area contributed by atoms with Crippen LogP contribution >= 0.6 is 0 Å². The summed E-state index contributed by atoms with van der Waals surface area (Å²) in [5.74, 6) is -1.17. The van der Waals surface area contributed by atoms with Gasteiger partial charge in [0.25, 0.3) is 0 Å².